The lowest BCUT2D eigenvalue weighted by Gasteiger charge is -2.27. The van der Waals surface area contributed by atoms with E-state index in [-0.39, 0.29) is 23.7 Å². The maximum Gasteiger partial charge on any atom is 0.299 e. The van der Waals surface area contributed by atoms with Gasteiger partial charge in [-0.2, -0.15) is 0 Å². The molecular formula is C14H13F2NO3. The molecule has 0 aliphatic carbocycles. The molecule has 2 heterocycles. The highest BCUT2D eigenvalue weighted by Gasteiger charge is 2.39. The van der Waals surface area contributed by atoms with Crippen LogP contribution in [0.4, 0.5) is 14.5 Å². The Morgan fingerprint density at radius 1 is 1.20 bits per heavy atom. The monoisotopic (exact) mass is 281 g/mol. The maximum atomic E-state index is 13.9. The van der Waals surface area contributed by atoms with E-state index in [9.17, 15) is 18.4 Å². The number of ketones is 1. The lowest BCUT2D eigenvalue weighted by atomic mass is 9.99. The molecule has 1 fully saturated rings. The van der Waals surface area contributed by atoms with Crippen LogP contribution in [0.25, 0.3) is 0 Å². The van der Waals surface area contributed by atoms with Gasteiger partial charge in [0.05, 0.1) is 11.3 Å². The second-order valence-corrected chi connectivity index (χ2v) is 5.08. The predicted octanol–water partition coefficient (Wildman–Crippen LogP) is 1.92. The number of hydrogen-bond donors (Lipinski definition) is 0. The molecule has 0 unspecified atom stereocenters. The van der Waals surface area contributed by atoms with E-state index in [4.69, 9.17) is 4.74 Å². The van der Waals surface area contributed by atoms with Gasteiger partial charge in [0.25, 0.3) is 11.7 Å². The molecule has 4 nitrogen and oxygen atoms in total. The first kappa shape index (κ1) is 13.2. The topological polar surface area (TPSA) is 46.6 Å². The van der Waals surface area contributed by atoms with E-state index in [0.29, 0.717) is 19.3 Å². The van der Waals surface area contributed by atoms with Gasteiger partial charge in [-0.25, -0.2) is 8.78 Å². The first-order valence-corrected chi connectivity index (χ1v) is 6.51. The number of carbonyl (C=O) groups is 2. The number of anilines is 1. The minimum absolute atomic E-state index is 0.0899. The summed E-state index contributed by atoms with van der Waals surface area (Å²) in [6, 6.07) is 1.62. The Morgan fingerprint density at radius 2 is 1.90 bits per heavy atom. The summed E-state index contributed by atoms with van der Waals surface area (Å²) < 4.78 is 32.3. The molecule has 6 heteroatoms. The van der Waals surface area contributed by atoms with Crippen molar-refractivity contribution in [2.24, 2.45) is 5.92 Å². The summed E-state index contributed by atoms with van der Waals surface area (Å²) in [5.74, 6) is -3.18. The second kappa shape index (κ2) is 4.94. The fraction of sp³-hybridized carbons (Fsp3) is 0.429. The van der Waals surface area contributed by atoms with Crippen LogP contribution in [-0.2, 0) is 9.53 Å². The Morgan fingerprint density at radius 3 is 2.60 bits per heavy atom. The number of nitrogens with zero attached hydrogens (tertiary/aromatic N) is 1. The van der Waals surface area contributed by atoms with Crippen molar-refractivity contribution in [1.82, 2.24) is 0 Å². The quantitative estimate of drug-likeness (QED) is 0.778. The van der Waals surface area contributed by atoms with E-state index < -0.39 is 23.3 Å². The van der Waals surface area contributed by atoms with Crippen LogP contribution in [0.5, 0.6) is 0 Å². The van der Waals surface area contributed by atoms with E-state index in [1.54, 1.807) is 0 Å². The standard InChI is InChI=1S/C14H13F2NO3/c15-9-5-10-12(11(16)6-9)17(14(19)13(10)18)7-8-1-3-20-4-2-8/h5-6,8H,1-4,7H2. The zero-order chi connectivity index (χ0) is 14.3. The van der Waals surface area contributed by atoms with Crippen molar-refractivity contribution in [1.29, 1.82) is 0 Å². The first-order valence-electron chi connectivity index (χ1n) is 6.51. The minimum atomic E-state index is -0.869. The van der Waals surface area contributed by atoms with E-state index in [1.807, 2.05) is 0 Å². The normalized spacial score (nSPS) is 19.6. The van der Waals surface area contributed by atoms with Gasteiger partial charge in [0.15, 0.2) is 5.82 Å². The Balaban J connectivity index is 1.93. The minimum Gasteiger partial charge on any atom is -0.381 e. The summed E-state index contributed by atoms with van der Waals surface area (Å²) in [6.45, 7) is 1.46. The lowest BCUT2D eigenvalue weighted by Crippen LogP contribution is -2.36. The van der Waals surface area contributed by atoms with Gasteiger partial charge in [-0.3, -0.25) is 9.59 Å². The Kier molecular flexibility index (Phi) is 3.25. The number of Topliss-reactive ketones (excluding diaryl/α,β-unsaturated/α-hetero) is 1. The molecule has 0 N–H and O–H groups in total. The average molecular weight is 281 g/mol. The van der Waals surface area contributed by atoms with E-state index in [1.165, 1.54) is 0 Å². The molecule has 2 aliphatic heterocycles. The fourth-order valence-electron chi connectivity index (χ4n) is 2.71. The highest BCUT2D eigenvalue weighted by molar-refractivity contribution is 6.52. The van der Waals surface area contributed by atoms with Crippen LogP contribution in [-0.4, -0.2) is 31.4 Å². The first-order chi connectivity index (χ1) is 9.58. The smallest absolute Gasteiger partial charge is 0.299 e. The fourth-order valence-corrected chi connectivity index (χ4v) is 2.71. The molecule has 106 valence electrons. The number of ether oxygens (including phenoxy) is 1. The number of amides is 1. The van der Waals surface area contributed by atoms with Gasteiger partial charge in [0, 0.05) is 25.8 Å². The number of carbonyl (C=O) groups excluding carboxylic acids is 2. The van der Waals surface area contributed by atoms with Crippen LogP contribution in [0.3, 0.4) is 0 Å². The van der Waals surface area contributed by atoms with Crippen LogP contribution in [0, 0.1) is 17.6 Å². The molecule has 1 saturated heterocycles. The van der Waals surface area contributed by atoms with Gasteiger partial charge in [-0.05, 0) is 24.8 Å². The molecule has 1 aromatic carbocycles. The molecule has 0 radical (unpaired) electrons. The van der Waals surface area contributed by atoms with E-state index in [2.05, 4.69) is 0 Å². The van der Waals surface area contributed by atoms with Gasteiger partial charge < -0.3 is 9.64 Å². The zero-order valence-corrected chi connectivity index (χ0v) is 10.7. The SMILES string of the molecule is O=C1C(=O)N(CC2CCOCC2)c2c(F)cc(F)cc21. The molecule has 0 bridgehead atoms. The highest BCUT2D eigenvalue weighted by Crippen LogP contribution is 2.34. The third-order valence-corrected chi connectivity index (χ3v) is 3.76. The van der Waals surface area contributed by atoms with Crippen LogP contribution in [0.15, 0.2) is 12.1 Å². The molecule has 0 atom stereocenters. The van der Waals surface area contributed by atoms with Gasteiger partial charge in [-0.1, -0.05) is 0 Å². The van der Waals surface area contributed by atoms with E-state index >= 15 is 0 Å². The number of halogens is 2. The third-order valence-electron chi connectivity index (χ3n) is 3.76. The lowest BCUT2D eigenvalue weighted by molar-refractivity contribution is -0.114. The maximum absolute atomic E-state index is 13.9. The molecule has 1 amide bonds. The van der Waals surface area contributed by atoms with Crippen molar-refractivity contribution in [2.75, 3.05) is 24.7 Å². The van der Waals surface area contributed by atoms with Crippen LogP contribution < -0.4 is 4.90 Å². The molecule has 0 spiro atoms. The van der Waals surface area contributed by atoms with Gasteiger partial charge >= 0.3 is 0 Å². The van der Waals surface area contributed by atoms with Crippen molar-refractivity contribution >= 4 is 17.4 Å². The number of fused-ring (bicyclic) bond motifs is 1. The van der Waals surface area contributed by atoms with Gasteiger partial charge in [0.2, 0.25) is 0 Å². The molecule has 3 rings (SSSR count). The van der Waals surface area contributed by atoms with Crippen molar-refractivity contribution in [2.45, 2.75) is 12.8 Å². The molecule has 1 aromatic rings. The number of rotatable bonds is 2. The van der Waals surface area contributed by atoms with Crippen LogP contribution >= 0.6 is 0 Å². The molecule has 0 saturated carbocycles. The highest BCUT2D eigenvalue weighted by atomic mass is 19.1. The molecule has 0 aromatic heterocycles. The summed E-state index contributed by atoms with van der Waals surface area (Å²) in [4.78, 5) is 24.9. The number of benzene rings is 1. The van der Waals surface area contributed by atoms with Crippen molar-refractivity contribution < 1.29 is 23.1 Å². The predicted molar refractivity (Wildman–Crippen MR) is 66.6 cm³/mol. The van der Waals surface area contributed by atoms with Crippen molar-refractivity contribution in [3.63, 3.8) is 0 Å². The molecule has 2 aliphatic rings. The number of hydrogen-bond acceptors (Lipinski definition) is 3. The van der Waals surface area contributed by atoms with Gasteiger partial charge in [-0.15, -0.1) is 0 Å². The summed E-state index contributed by atoms with van der Waals surface area (Å²) in [5.41, 5.74) is -0.271. The second-order valence-electron chi connectivity index (χ2n) is 5.08. The summed E-state index contributed by atoms with van der Waals surface area (Å²) in [7, 11) is 0. The Labute approximate surface area is 114 Å². The molecule has 20 heavy (non-hydrogen) atoms. The summed E-state index contributed by atoms with van der Waals surface area (Å²) >= 11 is 0. The Hall–Kier alpha value is -1.82. The summed E-state index contributed by atoms with van der Waals surface area (Å²) in [6.07, 6.45) is 1.52. The summed E-state index contributed by atoms with van der Waals surface area (Å²) in [5, 5.41) is 0. The zero-order valence-electron chi connectivity index (χ0n) is 10.7. The van der Waals surface area contributed by atoms with Crippen LogP contribution in [0.1, 0.15) is 23.2 Å². The largest absolute Gasteiger partial charge is 0.381 e. The Bertz CT molecular complexity index is 582. The third kappa shape index (κ3) is 2.10. The van der Waals surface area contributed by atoms with Crippen LogP contribution in [0.2, 0.25) is 0 Å². The van der Waals surface area contributed by atoms with Gasteiger partial charge in [0.1, 0.15) is 5.82 Å². The average Bonchev–Trinajstić information content (AvgIpc) is 2.65. The van der Waals surface area contributed by atoms with E-state index in [0.717, 1.165) is 23.8 Å². The van der Waals surface area contributed by atoms with Crippen molar-refractivity contribution in [3.05, 3.63) is 29.3 Å². The van der Waals surface area contributed by atoms with Crippen molar-refractivity contribution in [3.8, 4) is 0 Å². The molecular weight excluding hydrogens is 268 g/mol.